The van der Waals surface area contributed by atoms with Crippen LogP contribution in [0.25, 0.3) is 10.9 Å². The Morgan fingerprint density at radius 1 is 1.29 bits per heavy atom. The minimum atomic E-state index is -0.224. The Bertz CT molecular complexity index is 715. The molecule has 3 rings (SSSR count). The number of aromatic amines is 1. The number of aromatic nitrogens is 1. The number of aliphatic hydroxyl groups excluding tert-OH is 1. The Hall–Kier alpha value is -2.14. The molecule has 0 bridgehead atoms. The SMILES string of the molecule is O=C(c1c[nH]c2ccccc2c1=O)N1CCC(CO)CC1. The second-order valence-corrected chi connectivity index (χ2v) is 5.50. The van der Waals surface area contributed by atoms with Crippen LogP contribution in [0, 0.1) is 5.92 Å². The lowest BCUT2D eigenvalue weighted by Crippen LogP contribution is -2.41. The van der Waals surface area contributed by atoms with Gasteiger partial charge in [-0.1, -0.05) is 12.1 Å². The van der Waals surface area contributed by atoms with Crippen molar-refractivity contribution in [2.45, 2.75) is 12.8 Å². The Morgan fingerprint density at radius 3 is 2.71 bits per heavy atom. The third-order valence-corrected chi connectivity index (χ3v) is 4.18. The molecule has 0 spiro atoms. The molecular formula is C16H18N2O3. The Kier molecular flexibility index (Phi) is 3.75. The number of H-pyrrole nitrogens is 1. The minimum absolute atomic E-state index is 0.165. The second-order valence-electron chi connectivity index (χ2n) is 5.50. The van der Waals surface area contributed by atoms with Crippen LogP contribution >= 0.6 is 0 Å². The number of amides is 1. The smallest absolute Gasteiger partial charge is 0.259 e. The number of para-hydroxylation sites is 1. The average molecular weight is 286 g/mol. The van der Waals surface area contributed by atoms with Gasteiger partial charge in [0.15, 0.2) is 0 Å². The maximum absolute atomic E-state index is 12.5. The third-order valence-electron chi connectivity index (χ3n) is 4.18. The van der Waals surface area contributed by atoms with Gasteiger partial charge >= 0.3 is 0 Å². The summed E-state index contributed by atoms with van der Waals surface area (Å²) in [7, 11) is 0. The zero-order chi connectivity index (χ0) is 14.8. The molecule has 1 aromatic carbocycles. The molecule has 0 radical (unpaired) electrons. The number of rotatable bonds is 2. The molecule has 0 saturated carbocycles. The number of hydrogen-bond acceptors (Lipinski definition) is 3. The standard InChI is InChI=1S/C16H18N2O3/c19-10-11-5-7-18(8-6-11)16(21)13-9-17-14-4-2-1-3-12(14)15(13)20/h1-4,9,11,19H,5-8,10H2,(H,17,20). The fourth-order valence-corrected chi connectivity index (χ4v) is 2.82. The molecule has 1 fully saturated rings. The van der Waals surface area contributed by atoms with Crippen molar-refractivity contribution in [2.75, 3.05) is 19.7 Å². The van der Waals surface area contributed by atoms with Crippen LogP contribution in [0.5, 0.6) is 0 Å². The maximum atomic E-state index is 12.5. The number of carbonyl (C=O) groups is 1. The van der Waals surface area contributed by atoms with Gasteiger partial charge in [-0.25, -0.2) is 0 Å². The number of nitrogens with one attached hydrogen (secondary N) is 1. The Morgan fingerprint density at radius 2 is 2.00 bits per heavy atom. The predicted molar refractivity (Wildman–Crippen MR) is 80.3 cm³/mol. The highest BCUT2D eigenvalue weighted by Crippen LogP contribution is 2.18. The first-order valence-corrected chi connectivity index (χ1v) is 7.21. The van der Waals surface area contributed by atoms with Crippen molar-refractivity contribution < 1.29 is 9.90 Å². The first-order valence-electron chi connectivity index (χ1n) is 7.21. The van der Waals surface area contributed by atoms with E-state index in [4.69, 9.17) is 5.11 Å². The molecule has 5 nitrogen and oxygen atoms in total. The first kappa shape index (κ1) is 13.8. The molecule has 0 aliphatic carbocycles. The lowest BCUT2D eigenvalue weighted by molar-refractivity contribution is 0.0649. The summed E-state index contributed by atoms with van der Waals surface area (Å²) in [5.41, 5.74) is 0.702. The van der Waals surface area contributed by atoms with Crippen molar-refractivity contribution >= 4 is 16.8 Å². The largest absolute Gasteiger partial charge is 0.396 e. The van der Waals surface area contributed by atoms with Crippen LogP contribution in [-0.4, -0.2) is 40.6 Å². The van der Waals surface area contributed by atoms with Crippen LogP contribution in [-0.2, 0) is 0 Å². The van der Waals surface area contributed by atoms with Crippen LogP contribution in [0.3, 0.4) is 0 Å². The molecule has 0 atom stereocenters. The van der Waals surface area contributed by atoms with Gasteiger partial charge in [0.25, 0.3) is 5.91 Å². The summed E-state index contributed by atoms with van der Waals surface area (Å²) in [6.07, 6.45) is 3.08. The second kappa shape index (κ2) is 5.69. The van der Waals surface area contributed by atoms with E-state index in [0.29, 0.717) is 18.5 Å². The molecule has 2 heterocycles. The van der Waals surface area contributed by atoms with Crippen molar-refractivity contribution in [3.63, 3.8) is 0 Å². The lowest BCUT2D eigenvalue weighted by Gasteiger charge is -2.31. The number of piperidine rings is 1. The highest BCUT2D eigenvalue weighted by Gasteiger charge is 2.25. The fourth-order valence-electron chi connectivity index (χ4n) is 2.82. The lowest BCUT2D eigenvalue weighted by atomic mass is 9.97. The normalized spacial score (nSPS) is 16.3. The summed E-state index contributed by atoms with van der Waals surface area (Å²) in [5, 5.41) is 9.67. The molecule has 110 valence electrons. The molecular weight excluding hydrogens is 268 g/mol. The molecule has 2 N–H and O–H groups in total. The molecule has 1 aliphatic heterocycles. The molecule has 5 heteroatoms. The minimum Gasteiger partial charge on any atom is -0.396 e. The number of aliphatic hydroxyl groups is 1. The summed E-state index contributed by atoms with van der Waals surface area (Å²) in [6.45, 7) is 1.35. The van der Waals surface area contributed by atoms with Crippen molar-refractivity contribution in [1.82, 2.24) is 9.88 Å². The van der Waals surface area contributed by atoms with E-state index in [-0.39, 0.29) is 29.4 Å². The number of hydrogen-bond donors (Lipinski definition) is 2. The summed E-state index contributed by atoms with van der Waals surface area (Å²) >= 11 is 0. The first-order chi connectivity index (χ1) is 10.2. The molecule has 2 aromatic rings. The van der Waals surface area contributed by atoms with E-state index in [1.165, 1.54) is 6.20 Å². The Labute approximate surface area is 122 Å². The van der Waals surface area contributed by atoms with E-state index in [1.807, 2.05) is 12.1 Å². The van der Waals surface area contributed by atoms with Gasteiger partial charge in [0.1, 0.15) is 5.56 Å². The average Bonchev–Trinajstić information content (AvgIpc) is 2.55. The third kappa shape index (κ3) is 2.56. The number of benzene rings is 1. The van der Waals surface area contributed by atoms with Gasteiger partial charge in [0.2, 0.25) is 5.43 Å². The van der Waals surface area contributed by atoms with Crippen LogP contribution in [0.1, 0.15) is 23.2 Å². The number of nitrogens with zero attached hydrogens (tertiary/aromatic N) is 1. The molecule has 1 saturated heterocycles. The van der Waals surface area contributed by atoms with Crippen LogP contribution in [0.15, 0.2) is 35.3 Å². The quantitative estimate of drug-likeness (QED) is 0.875. The van der Waals surface area contributed by atoms with Gasteiger partial charge in [-0.05, 0) is 30.9 Å². The van der Waals surface area contributed by atoms with Gasteiger partial charge in [-0.2, -0.15) is 0 Å². The van der Waals surface area contributed by atoms with E-state index in [1.54, 1.807) is 17.0 Å². The number of fused-ring (bicyclic) bond motifs is 1. The molecule has 0 unspecified atom stereocenters. The molecule has 1 aromatic heterocycles. The predicted octanol–water partition coefficient (Wildman–Crippen LogP) is 1.37. The van der Waals surface area contributed by atoms with Gasteiger partial charge < -0.3 is 15.0 Å². The number of pyridine rings is 1. The van der Waals surface area contributed by atoms with E-state index in [0.717, 1.165) is 18.4 Å². The highest BCUT2D eigenvalue weighted by atomic mass is 16.3. The summed E-state index contributed by atoms with van der Waals surface area (Å²) in [4.78, 5) is 29.6. The van der Waals surface area contributed by atoms with Gasteiger partial charge in [0, 0.05) is 36.8 Å². The van der Waals surface area contributed by atoms with Crippen LogP contribution in [0.2, 0.25) is 0 Å². The van der Waals surface area contributed by atoms with E-state index >= 15 is 0 Å². The van der Waals surface area contributed by atoms with Crippen molar-refractivity contribution in [1.29, 1.82) is 0 Å². The Balaban J connectivity index is 1.89. The summed E-state index contributed by atoms with van der Waals surface area (Å²) in [6, 6.07) is 7.18. The highest BCUT2D eigenvalue weighted by molar-refractivity contribution is 5.97. The topological polar surface area (TPSA) is 73.4 Å². The van der Waals surface area contributed by atoms with Crippen molar-refractivity contribution in [3.05, 3.63) is 46.2 Å². The van der Waals surface area contributed by atoms with Crippen LogP contribution in [0.4, 0.5) is 0 Å². The van der Waals surface area contributed by atoms with Gasteiger partial charge in [0.05, 0.1) is 0 Å². The zero-order valence-electron chi connectivity index (χ0n) is 11.7. The molecule has 1 aliphatic rings. The number of carbonyl (C=O) groups excluding carboxylic acids is 1. The summed E-state index contributed by atoms with van der Waals surface area (Å²) < 4.78 is 0. The fraction of sp³-hybridized carbons (Fsp3) is 0.375. The van der Waals surface area contributed by atoms with Crippen LogP contribution < -0.4 is 5.43 Å². The maximum Gasteiger partial charge on any atom is 0.259 e. The van der Waals surface area contributed by atoms with E-state index < -0.39 is 0 Å². The number of likely N-dealkylation sites (tertiary alicyclic amines) is 1. The zero-order valence-corrected chi connectivity index (χ0v) is 11.7. The van der Waals surface area contributed by atoms with E-state index in [2.05, 4.69) is 4.98 Å². The summed E-state index contributed by atoms with van der Waals surface area (Å²) in [5.74, 6) is 0.0438. The van der Waals surface area contributed by atoms with E-state index in [9.17, 15) is 9.59 Å². The van der Waals surface area contributed by atoms with Crippen molar-refractivity contribution in [3.8, 4) is 0 Å². The molecule has 1 amide bonds. The van der Waals surface area contributed by atoms with Gasteiger partial charge in [-0.15, -0.1) is 0 Å². The molecule has 21 heavy (non-hydrogen) atoms. The van der Waals surface area contributed by atoms with Crippen molar-refractivity contribution in [2.24, 2.45) is 5.92 Å². The monoisotopic (exact) mass is 286 g/mol. The van der Waals surface area contributed by atoms with Gasteiger partial charge in [-0.3, -0.25) is 9.59 Å².